The second kappa shape index (κ2) is 6.25. The maximum atomic E-state index is 11.5. The number of hydrogen-bond acceptors (Lipinski definition) is 2. The minimum absolute atomic E-state index is 0.0764. The maximum absolute atomic E-state index is 11.5. The zero-order chi connectivity index (χ0) is 14.7. The molecule has 0 atom stereocenters. The summed E-state index contributed by atoms with van der Waals surface area (Å²) < 4.78 is 0. The first-order chi connectivity index (χ1) is 8.61. The van der Waals surface area contributed by atoms with E-state index in [0.29, 0.717) is 16.9 Å². The van der Waals surface area contributed by atoms with E-state index in [-0.39, 0.29) is 11.8 Å². The third kappa shape index (κ3) is 5.94. The summed E-state index contributed by atoms with van der Waals surface area (Å²) in [5, 5.41) is 6.57. The average molecular weight is 268 g/mol. The molecule has 3 nitrogen and oxygen atoms in total. The van der Waals surface area contributed by atoms with Gasteiger partial charge in [-0.25, -0.2) is 0 Å². The van der Waals surface area contributed by atoms with Gasteiger partial charge in [-0.15, -0.1) is 0 Å². The van der Waals surface area contributed by atoms with Crippen LogP contribution >= 0.6 is 0 Å². The first-order valence-electron chi connectivity index (χ1n) is 7.62. The van der Waals surface area contributed by atoms with Gasteiger partial charge in [0.2, 0.25) is 5.91 Å². The molecule has 0 radical (unpaired) electrons. The third-order valence-corrected chi connectivity index (χ3v) is 3.94. The molecule has 19 heavy (non-hydrogen) atoms. The largest absolute Gasteiger partial charge is 0.355 e. The van der Waals surface area contributed by atoms with Crippen molar-refractivity contribution >= 4 is 5.91 Å². The lowest BCUT2D eigenvalue weighted by Crippen LogP contribution is -2.46. The van der Waals surface area contributed by atoms with Crippen molar-refractivity contribution in [1.82, 2.24) is 10.6 Å². The highest BCUT2D eigenvalue weighted by molar-refractivity contribution is 5.77. The molecule has 0 heterocycles. The Bertz CT molecular complexity index is 292. The molecular weight excluding hydrogens is 236 g/mol. The number of hydrogen-bond donors (Lipinski definition) is 2. The predicted molar refractivity (Wildman–Crippen MR) is 81.1 cm³/mol. The average Bonchev–Trinajstić information content (AvgIpc) is 2.19. The van der Waals surface area contributed by atoms with Crippen LogP contribution in [0.5, 0.6) is 0 Å². The van der Waals surface area contributed by atoms with Crippen LogP contribution in [0.2, 0.25) is 0 Å². The van der Waals surface area contributed by atoms with Crippen molar-refractivity contribution in [2.24, 2.45) is 16.7 Å². The van der Waals surface area contributed by atoms with E-state index < -0.39 is 0 Å². The molecule has 2 N–H and O–H groups in total. The Labute approximate surface area is 118 Å². The smallest absolute Gasteiger partial charge is 0.222 e. The van der Waals surface area contributed by atoms with Gasteiger partial charge < -0.3 is 10.6 Å². The van der Waals surface area contributed by atoms with Gasteiger partial charge in [-0.3, -0.25) is 4.79 Å². The highest BCUT2D eigenvalue weighted by Gasteiger charge is 2.37. The molecule has 1 aliphatic carbocycles. The van der Waals surface area contributed by atoms with Crippen molar-refractivity contribution in [2.45, 2.75) is 66.8 Å². The molecule has 1 aliphatic rings. The van der Waals surface area contributed by atoms with Crippen LogP contribution in [-0.4, -0.2) is 25.0 Å². The molecule has 112 valence electrons. The fourth-order valence-electron chi connectivity index (χ4n) is 3.66. The van der Waals surface area contributed by atoms with Gasteiger partial charge in [-0.05, 0) is 30.1 Å². The van der Waals surface area contributed by atoms with Gasteiger partial charge in [0.25, 0.3) is 0 Å². The van der Waals surface area contributed by atoms with E-state index in [1.54, 1.807) is 0 Å². The lowest BCUT2D eigenvalue weighted by molar-refractivity contribution is -0.123. The normalized spacial score (nSPS) is 22.5. The van der Waals surface area contributed by atoms with E-state index in [1.165, 1.54) is 19.3 Å². The molecule has 0 spiro atoms. The second-order valence-electron chi connectivity index (χ2n) is 8.01. The van der Waals surface area contributed by atoms with E-state index in [0.717, 1.165) is 13.1 Å². The second-order valence-corrected chi connectivity index (χ2v) is 8.01. The SMILES string of the molecule is CC(C)C(=O)NCCNC1CC(C)(C)CC(C)(C)C1. The molecule has 0 saturated heterocycles. The quantitative estimate of drug-likeness (QED) is 0.753. The highest BCUT2D eigenvalue weighted by Crippen LogP contribution is 2.45. The van der Waals surface area contributed by atoms with Gasteiger partial charge in [-0.2, -0.15) is 0 Å². The van der Waals surface area contributed by atoms with E-state index in [1.807, 2.05) is 13.8 Å². The number of carbonyl (C=O) groups excluding carboxylic acids is 1. The number of nitrogens with one attached hydrogen (secondary N) is 2. The Kier molecular flexibility index (Phi) is 5.43. The summed E-state index contributed by atoms with van der Waals surface area (Å²) in [7, 11) is 0. The molecule has 1 rings (SSSR count). The molecule has 1 fully saturated rings. The molecule has 0 aromatic carbocycles. The minimum Gasteiger partial charge on any atom is -0.355 e. The van der Waals surface area contributed by atoms with E-state index in [4.69, 9.17) is 0 Å². The van der Waals surface area contributed by atoms with Gasteiger partial charge in [-0.1, -0.05) is 41.5 Å². The molecule has 0 aromatic heterocycles. The van der Waals surface area contributed by atoms with Crippen LogP contribution in [0.4, 0.5) is 0 Å². The molecule has 3 heteroatoms. The third-order valence-electron chi connectivity index (χ3n) is 3.94. The number of carbonyl (C=O) groups is 1. The molecule has 0 aromatic rings. The summed E-state index contributed by atoms with van der Waals surface area (Å²) in [6.07, 6.45) is 3.76. The van der Waals surface area contributed by atoms with Gasteiger partial charge in [0.15, 0.2) is 0 Å². The Morgan fingerprint density at radius 2 is 1.63 bits per heavy atom. The molecular formula is C16H32N2O. The standard InChI is InChI=1S/C16H32N2O/c1-12(2)14(19)18-8-7-17-13-9-15(3,4)11-16(5,6)10-13/h12-13,17H,7-11H2,1-6H3,(H,18,19). The zero-order valence-electron chi connectivity index (χ0n) is 13.6. The topological polar surface area (TPSA) is 41.1 Å². The van der Waals surface area contributed by atoms with Crippen LogP contribution in [0.15, 0.2) is 0 Å². The fraction of sp³-hybridized carbons (Fsp3) is 0.938. The monoisotopic (exact) mass is 268 g/mol. The molecule has 0 bridgehead atoms. The predicted octanol–water partition coefficient (Wildman–Crippen LogP) is 2.95. The van der Waals surface area contributed by atoms with Gasteiger partial charge >= 0.3 is 0 Å². The number of rotatable bonds is 5. The van der Waals surface area contributed by atoms with Crippen molar-refractivity contribution in [2.75, 3.05) is 13.1 Å². The van der Waals surface area contributed by atoms with Gasteiger partial charge in [0, 0.05) is 25.0 Å². The summed E-state index contributed by atoms with van der Waals surface area (Å²) in [6, 6.07) is 0.578. The minimum atomic E-state index is 0.0764. The van der Waals surface area contributed by atoms with Gasteiger partial charge in [0.05, 0.1) is 0 Å². The Morgan fingerprint density at radius 3 is 2.11 bits per heavy atom. The lowest BCUT2D eigenvalue weighted by atomic mass is 9.63. The Balaban J connectivity index is 2.31. The summed E-state index contributed by atoms with van der Waals surface area (Å²) in [4.78, 5) is 11.5. The Morgan fingerprint density at radius 1 is 1.11 bits per heavy atom. The summed E-state index contributed by atoms with van der Waals surface area (Å²) >= 11 is 0. The van der Waals surface area contributed by atoms with Crippen LogP contribution in [0, 0.1) is 16.7 Å². The molecule has 0 unspecified atom stereocenters. The first kappa shape index (κ1) is 16.5. The number of amides is 1. The van der Waals surface area contributed by atoms with E-state index in [2.05, 4.69) is 38.3 Å². The molecule has 0 aliphatic heterocycles. The molecule has 1 amide bonds. The van der Waals surface area contributed by atoms with Crippen LogP contribution in [0.1, 0.15) is 60.8 Å². The zero-order valence-corrected chi connectivity index (χ0v) is 13.6. The highest BCUT2D eigenvalue weighted by atomic mass is 16.1. The van der Waals surface area contributed by atoms with Gasteiger partial charge in [0.1, 0.15) is 0 Å². The summed E-state index contributed by atoms with van der Waals surface area (Å²) in [5.74, 6) is 0.221. The van der Waals surface area contributed by atoms with Crippen molar-refractivity contribution in [3.63, 3.8) is 0 Å². The maximum Gasteiger partial charge on any atom is 0.222 e. The van der Waals surface area contributed by atoms with E-state index >= 15 is 0 Å². The molecule has 1 saturated carbocycles. The van der Waals surface area contributed by atoms with Crippen molar-refractivity contribution in [3.05, 3.63) is 0 Å². The lowest BCUT2D eigenvalue weighted by Gasteiger charge is -2.45. The van der Waals surface area contributed by atoms with Crippen molar-refractivity contribution in [3.8, 4) is 0 Å². The van der Waals surface area contributed by atoms with Crippen LogP contribution in [-0.2, 0) is 4.79 Å². The van der Waals surface area contributed by atoms with Crippen molar-refractivity contribution < 1.29 is 4.79 Å². The summed E-state index contributed by atoms with van der Waals surface area (Å²) in [6.45, 7) is 14.9. The first-order valence-corrected chi connectivity index (χ1v) is 7.62. The van der Waals surface area contributed by atoms with Crippen LogP contribution in [0.25, 0.3) is 0 Å². The van der Waals surface area contributed by atoms with Crippen LogP contribution < -0.4 is 10.6 Å². The Hall–Kier alpha value is -0.570. The van der Waals surface area contributed by atoms with Crippen molar-refractivity contribution in [1.29, 1.82) is 0 Å². The van der Waals surface area contributed by atoms with E-state index in [9.17, 15) is 4.79 Å². The van der Waals surface area contributed by atoms with Crippen LogP contribution in [0.3, 0.4) is 0 Å². The summed E-state index contributed by atoms with van der Waals surface area (Å²) in [5.41, 5.74) is 0.835. The fourth-order valence-corrected chi connectivity index (χ4v) is 3.66.